The number of carbonyl (C=O) groups is 4. The molecule has 3 aromatic carbocycles. The Bertz CT molecular complexity index is 2500. The van der Waals surface area contributed by atoms with E-state index in [1.807, 2.05) is 31.2 Å². The van der Waals surface area contributed by atoms with Gasteiger partial charge in [0, 0.05) is 51.0 Å². The quantitative estimate of drug-likeness (QED) is 0.0697. The number of hydrogen-bond acceptors (Lipinski definition) is 11. The van der Waals surface area contributed by atoms with Crippen LogP contribution in [-0.4, -0.2) is 101 Å². The van der Waals surface area contributed by atoms with E-state index in [0.717, 1.165) is 27.8 Å². The second kappa shape index (κ2) is 21.5. The van der Waals surface area contributed by atoms with Gasteiger partial charge in [-0.05, 0) is 65.8 Å². The summed E-state index contributed by atoms with van der Waals surface area (Å²) in [5, 5.41) is 25.4. The molecule has 0 aliphatic carbocycles. The van der Waals surface area contributed by atoms with Crippen LogP contribution in [0.25, 0.3) is 10.4 Å². The monoisotopic (exact) mass is 964 g/mol. The molecule has 0 bridgehead atoms. The third kappa shape index (κ3) is 12.7. The van der Waals surface area contributed by atoms with E-state index in [1.165, 1.54) is 34.1 Å². The molecule has 0 saturated carbocycles. The molecular formula is C49H56F4N6O8S. The van der Waals surface area contributed by atoms with E-state index in [4.69, 9.17) is 19.5 Å². The van der Waals surface area contributed by atoms with Crippen LogP contribution in [0.4, 0.5) is 17.6 Å². The number of ether oxygens (including phenoxy) is 3. The Kier molecular flexibility index (Phi) is 16.2. The van der Waals surface area contributed by atoms with Gasteiger partial charge in [0.1, 0.15) is 24.4 Å². The summed E-state index contributed by atoms with van der Waals surface area (Å²) < 4.78 is 72.7. The second-order valence-corrected chi connectivity index (χ2v) is 19.6. The first-order chi connectivity index (χ1) is 32.0. The Hall–Kier alpha value is -6.10. The zero-order valence-corrected chi connectivity index (χ0v) is 39.6. The van der Waals surface area contributed by atoms with Gasteiger partial charge in [-0.3, -0.25) is 19.2 Å². The molecular weight excluding hydrogens is 909 g/mol. The Balaban J connectivity index is 0.917. The lowest BCUT2D eigenvalue weighted by molar-refractivity contribution is -0.144. The minimum Gasteiger partial charge on any atom is -0.488 e. The zero-order valence-electron chi connectivity index (χ0n) is 38.7. The molecule has 3 heterocycles. The van der Waals surface area contributed by atoms with Crippen molar-refractivity contribution in [2.75, 3.05) is 32.9 Å². The number of benzene rings is 3. The van der Waals surface area contributed by atoms with Crippen molar-refractivity contribution in [3.8, 4) is 28.0 Å². The standard InChI is InChI=1S/C49H56F4N6O8S/c1-29-41(68-28-56-29)32-12-9-30(10-13-32)24-55-44(62)38-21-34(60)26-59(38)45(63)42(47(2,3)4)57-40(61)8-7-17-65-18-19-66-39-16-11-31(20-37(39)50)25-58-27-48(5,6)43(46(58)64)67-35-15-14-33(23-54)36(22-35)49(51,52)53/h9-16,20,22,28,34,38,42-43,60H,7-8,17-19,21,24-27H2,1-6H3,(H,55,62)(H,57,61). The first-order valence-electron chi connectivity index (χ1n) is 22.2. The number of nitrogens with one attached hydrogen (secondary N) is 2. The van der Waals surface area contributed by atoms with Crippen LogP contribution >= 0.6 is 11.3 Å². The molecule has 364 valence electrons. The van der Waals surface area contributed by atoms with Gasteiger partial charge in [-0.25, -0.2) is 9.37 Å². The third-order valence-corrected chi connectivity index (χ3v) is 12.8. The number of aromatic nitrogens is 1. The van der Waals surface area contributed by atoms with Crippen LogP contribution in [0.5, 0.6) is 11.5 Å². The maximum atomic E-state index is 15.1. The van der Waals surface area contributed by atoms with Gasteiger partial charge >= 0.3 is 6.18 Å². The lowest BCUT2D eigenvalue weighted by Crippen LogP contribution is -2.57. The van der Waals surface area contributed by atoms with Gasteiger partial charge in [-0.15, -0.1) is 11.3 Å². The lowest BCUT2D eigenvalue weighted by Gasteiger charge is -2.35. The summed E-state index contributed by atoms with van der Waals surface area (Å²) in [6.07, 6.45) is -6.43. The van der Waals surface area contributed by atoms with Gasteiger partial charge in [0.2, 0.25) is 17.7 Å². The number of amides is 4. The second-order valence-electron chi connectivity index (χ2n) is 18.8. The molecule has 14 nitrogen and oxygen atoms in total. The van der Waals surface area contributed by atoms with Crippen molar-refractivity contribution in [1.29, 1.82) is 5.26 Å². The molecule has 19 heteroatoms. The number of thiazole rings is 1. The van der Waals surface area contributed by atoms with Gasteiger partial charge in [0.25, 0.3) is 5.91 Å². The fourth-order valence-electron chi connectivity index (χ4n) is 8.20. The van der Waals surface area contributed by atoms with Crippen molar-refractivity contribution >= 4 is 35.0 Å². The molecule has 2 aliphatic rings. The van der Waals surface area contributed by atoms with Crippen LogP contribution in [-0.2, 0) is 43.2 Å². The maximum Gasteiger partial charge on any atom is 0.417 e. The van der Waals surface area contributed by atoms with Gasteiger partial charge in [-0.2, -0.15) is 18.4 Å². The first-order valence-corrected chi connectivity index (χ1v) is 23.0. The van der Waals surface area contributed by atoms with Gasteiger partial charge in [-0.1, -0.05) is 65.0 Å². The van der Waals surface area contributed by atoms with Crippen LogP contribution in [0.1, 0.15) is 81.8 Å². The minimum absolute atomic E-state index is 0.00642. The van der Waals surface area contributed by atoms with E-state index < -0.39 is 81.9 Å². The van der Waals surface area contributed by atoms with Crippen LogP contribution in [0, 0.1) is 34.9 Å². The number of carbonyl (C=O) groups excluding carboxylic acids is 4. The summed E-state index contributed by atoms with van der Waals surface area (Å²) in [7, 11) is 0. The number of halogens is 4. The summed E-state index contributed by atoms with van der Waals surface area (Å²) in [6.45, 7) is 11.4. The number of aliphatic hydroxyl groups is 1. The van der Waals surface area contributed by atoms with Crippen molar-refractivity contribution in [3.63, 3.8) is 0 Å². The van der Waals surface area contributed by atoms with Crippen molar-refractivity contribution in [2.24, 2.45) is 10.8 Å². The normalized spacial score (nSPS) is 18.6. The molecule has 4 unspecified atom stereocenters. The Morgan fingerprint density at radius 3 is 2.40 bits per heavy atom. The average Bonchev–Trinajstić information content (AvgIpc) is 3.95. The zero-order chi connectivity index (χ0) is 49.6. The number of nitrogens with zero attached hydrogens (tertiary/aromatic N) is 4. The van der Waals surface area contributed by atoms with Gasteiger partial charge in [0.05, 0.1) is 46.0 Å². The Morgan fingerprint density at radius 1 is 1.03 bits per heavy atom. The van der Waals surface area contributed by atoms with E-state index in [9.17, 15) is 37.5 Å². The Morgan fingerprint density at radius 2 is 1.75 bits per heavy atom. The van der Waals surface area contributed by atoms with Crippen LogP contribution < -0.4 is 20.1 Å². The molecule has 0 radical (unpaired) electrons. The number of nitriles is 1. The number of β-amino-alcohol motifs (C(OH)–C–C–N with tert-alkyl or cyclic N) is 1. The van der Waals surface area contributed by atoms with Crippen LogP contribution in [0.15, 0.2) is 66.2 Å². The number of alkyl halides is 3. The predicted octanol–water partition coefficient (Wildman–Crippen LogP) is 6.95. The largest absolute Gasteiger partial charge is 0.488 e. The Labute approximate surface area is 396 Å². The first kappa shape index (κ1) is 51.3. The molecule has 2 aliphatic heterocycles. The van der Waals surface area contributed by atoms with Crippen molar-refractivity contribution in [2.45, 2.75) is 104 Å². The van der Waals surface area contributed by atoms with Crippen LogP contribution in [0.3, 0.4) is 0 Å². The lowest BCUT2D eigenvalue weighted by atomic mass is 9.85. The fraction of sp³-hybridized carbons (Fsp3) is 0.469. The maximum absolute atomic E-state index is 15.1. The summed E-state index contributed by atoms with van der Waals surface area (Å²) in [4.78, 5) is 62.1. The van der Waals surface area contributed by atoms with E-state index in [0.29, 0.717) is 18.1 Å². The van der Waals surface area contributed by atoms with E-state index in [2.05, 4.69) is 15.6 Å². The summed E-state index contributed by atoms with van der Waals surface area (Å²) in [5.74, 6) is -2.70. The molecule has 6 rings (SSSR count). The topological polar surface area (TPSA) is 183 Å². The number of aliphatic hydroxyl groups excluding tert-OH is 1. The highest BCUT2D eigenvalue weighted by atomic mass is 32.1. The SMILES string of the molecule is Cc1ncsc1-c1ccc(CNC(=O)C2CC(O)CN2C(=O)C(NC(=O)CCCOCCOc2ccc(CN3CC(C)(C)C(Oc4ccc(C#N)c(C(F)(F)F)c4)C3=O)cc2F)C(C)(C)C)cc1. The number of likely N-dealkylation sites (tertiary alicyclic amines) is 2. The molecule has 2 fully saturated rings. The smallest absolute Gasteiger partial charge is 0.417 e. The highest BCUT2D eigenvalue weighted by Gasteiger charge is 2.49. The molecule has 4 atom stereocenters. The van der Waals surface area contributed by atoms with Crippen molar-refractivity contribution in [1.82, 2.24) is 25.4 Å². The number of hydrogen-bond donors (Lipinski definition) is 3. The molecule has 4 amide bonds. The highest BCUT2D eigenvalue weighted by molar-refractivity contribution is 7.13. The third-order valence-electron chi connectivity index (χ3n) is 11.8. The number of rotatable bonds is 18. The predicted molar refractivity (Wildman–Crippen MR) is 243 cm³/mol. The summed E-state index contributed by atoms with van der Waals surface area (Å²) in [5.41, 5.74) is 1.79. The average molecular weight is 965 g/mol. The van der Waals surface area contributed by atoms with Crippen molar-refractivity contribution in [3.05, 3.63) is 99.9 Å². The molecule has 2 saturated heterocycles. The molecule has 0 spiro atoms. The van der Waals surface area contributed by atoms with Gasteiger partial charge in [0.15, 0.2) is 17.7 Å². The van der Waals surface area contributed by atoms with Crippen molar-refractivity contribution < 1.29 is 56.1 Å². The van der Waals surface area contributed by atoms with E-state index >= 15 is 4.39 Å². The summed E-state index contributed by atoms with van der Waals surface area (Å²) >= 11 is 1.55. The highest BCUT2D eigenvalue weighted by Crippen LogP contribution is 2.39. The molecule has 3 N–H and O–H groups in total. The minimum atomic E-state index is -4.80. The van der Waals surface area contributed by atoms with Gasteiger partial charge < -0.3 is 39.8 Å². The molecule has 4 aromatic rings. The fourth-order valence-corrected chi connectivity index (χ4v) is 9.01. The van der Waals surface area contributed by atoms with Crippen LogP contribution in [0.2, 0.25) is 0 Å². The summed E-state index contributed by atoms with van der Waals surface area (Å²) in [6, 6.07) is 14.5. The molecule has 1 aromatic heterocycles. The number of aryl methyl sites for hydroxylation is 1. The van der Waals surface area contributed by atoms with E-state index in [1.54, 1.807) is 57.5 Å². The molecule has 68 heavy (non-hydrogen) atoms. The van der Waals surface area contributed by atoms with E-state index in [-0.39, 0.29) is 70.3 Å².